The maximum atomic E-state index is 13.1. The molecule has 0 fully saturated rings. The molecule has 0 aliphatic heterocycles. The number of nitro groups is 2. The van der Waals surface area contributed by atoms with E-state index in [1.165, 1.54) is 7.11 Å². The summed E-state index contributed by atoms with van der Waals surface area (Å²) in [6.07, 6.45) is -0.758. The molecule has 1 unspecified atom stereocenters. The summed E-state index contributed by atoms with van der Waals surface area (Å²) in [5.41, 5.74) is -0.821. The Morgan fingerprint density at radius 1 is 0.971 bits per heavy atom. The lowest BCUT2D eigenvalue weighted by Gasteiger charge is -2.29. The van der Waals surface area contributed by atoms with Gasteiger partial charge in [0.25, 0.3) is 11.4 Å². The molecule has 0 saturated heterocycles. The van der Waals surface area contributed by atoms with E-state index in [1.807, 2.05) is 30.3 Å². The molecule has 1 atom stereocenters. The maximum Gasteiger partial charge on any atom is 0.339 e. The first-order valence-electron chi connectivity index (χ1n) is 10.6. The number of nitrogens with zero attached hydrogens (tertiary/aromatic N) is 2. The highest BCUT2D eigenvalue weighted by molar-refractivity contribution is 6.89. The number of benzene rings is 3. The van der Waals surface area contributed by atoms with Crippen LogP contribution in [0.1, 0.15) is 22.0 Å². The molecule has 0 heterocycles. The topological polar surface area (TPSA) is 122 Å². The number of esters is 1. The van der Waals surface area contributed by atoms with Gasteiger partial charge in [-0.25, -0.2) is 4.79 Å². The van der Waals surface area contributed by atoms with Crippen LogP contribution in [-0.2, 0) is 4.74 Å². The van der Waals surface area contributed by atoms with Crippen molar-refractivity contribution in [3.8, 4) is 5.75 Å². The summed E-state index contributed by atoms with van der Waals surface area (Å²) in [4.78, 5) is 34.0. The van der Waals surface area contributed by atoms with Crippen LogP contribution in [0.15, 0.2) is 66.7 Å². The van der Waals surface area contributed by atoms with Crippen molar-refractivity contribution in [3.63, 3.8) is 0 Å². The van der Waals surface area contributed by atoms with E-state index in [0.717, 1.165) is 23.4 Å². The Morgan fingerprint density at radius 3 is 2.09 bits per heavy atom. The molecule has 35 heavy (non-hydrogen) atoms. The second-order valence-corrected chi connectivity index (χ2v) is 13.7. The Kier molecular flexibility index (Phi) is 7.88. The number of carbonyl (C=O) groups excluding carboxylic acids is 1. The smallest absolute Gasteiger partial charge is 0.339 e. The molecule has 3 aromatic rings. The molecule has 182 valence electrons. The number of nitro benzene ring substituents is 2. The molecule has 0 aromatic heterocycles. The van der Waals surface area contributed by atoms with E-state index in [1.54, 1.807) is 18.2 Å². The minimum atomic E-state index is -2.16. The van der Waals surface area contributed by atoms with Gasteiger partial charge < -0.3 is 9.47 Å². The fourth-order valence-electron chi connectivity index (χ4n) is 3.70. The van der Waals surface area contributed by atoms with E-state index in [9.17, 15) is 25.0 Å². The molecular weight excluding hydrogens is 492 g/mol. The Labute approximate surface area is 207 Å². The monoisotopic (exact) mass is 514 g/mol. The van der Waals surface area contributed by atoms with Crippen molar-refractivity contribution in [2.45, 2.75) is 25.2 Å². The molecule has 0 amide bonds. The van der Waals surface area contributed by atoms with Crippen LogP contribution in [0.3, 0.4) is 0 Å². The van der Waals surface area contributed by atoms with Gasteiger partial charge in [-0.1, -0.05) is 66.3 Å². The molecule has 0 aliphatic rings. The lowest BCUT2D eigenvalue weighted by atomic mass is 10.1. The molecular formula is C24H23ClN2O7Si. The van der Waals surface area contributed by atoms with Gasteiger partial charge in [0.05, 0.1) is 41.7 Å². The molecule has 11 heteroatoms. The molecule has 0 bridgehead atoms. The summed E-state index contributed by atoms with van der Waals surface area (Å²) < 4.78 is 11.0. The van der Waals surface area contributed by atoms with Crippen molar-refractivity contribution in [1.82, 2.24) is 0 Å². The van der Waals surface area contributed by atoms with Crippen molar-refractivity contribution >= 4 is 42.2 Å². The third-order valence-corrected chi connectivity index (χ3v) is 9.19. The fourth-order valence-corrected chi connectivity index (χ4v) is 6.54. The van der Waals surface area contributed by atoms with Crippen molar-refractivity contribution in [2.75, 3.05) is 7.11 Å². The van der Waals surface area contributed by atoms with Crippen LogP contribution < -0.4 is 9.92 Å². The average molecular weight is 515 g/mol. The zero-order chi connectivity index (χ0) is 25.8. The summed E-state index contributed by atoms with van der Waals surface area (Å²) in [7, 11) is -0.673. The van der Waals surface area contributed by atoms with Gasteiger partial charge in [-0.05, 0) is 23.7 Å². The van der Waals surface area contributed by atoms with Gasteiger partial charge in [0, 0.05) is 12.1 Å². The van der Waals surface area contributed by atoms with Crippen LogP contribution in [0.2, 0.25) is 24.2 Å². The zero-order valence-corrected chi connectivity index (χ0v) is 21.0. The van der Waals surface area contributed by atoms with Crippen molar-refractivity contribution in [1.29, 1.82) is 0 Å². The lowest BCUT2D eigenvalue weighted by molar-refractivity contribution is -0.394. The average Bonchev–Trinajstić information content (AvgIpc) is 2.83. The molecule has 0 radical (unpaired) electrons. The quantitative estimate of drug-likeness (QED) is 0.156. The van der Waals surface area contributed by atoms with E-state index in [2.05, 4.69) is 13.1 Å². The highest BCUT2D eigenvalue weighted by Gasteiger charge is 2.32. The molecule has 0 N–H and O–H groups in total. The molecule has 0 aliphatic carbocycles. The SMILES string of the molecule is COc1ccc(C(C[Si](C)(C)c2ccccc2)OC(=O)c2cc([N+](=O)[O-])cc([N+](=O)[O-])c2)cc1Cl. The first-order chi connectivity index (χ1) is 16.5. The standard InChI is InChI=1S/C24H23ClN2O7Si/c1-33-22-10-9-16(13-21(22)25)23(15-35(2,3)20-7-5-4-6-8-20)34-24(28)17-11-18(26(29)30)14-19(12-17)27(31)32/h4-14,23H,15H2,1-3H3. The van der Waals surface area contributed by atoms with Gasteiger partial charge in [-0.2, -0.15) is 0 Å². The predicted octanol–water partition coefficient (Wildman–Crippen LogP) is 5.68. The molecule has 0 saturated carbocycles. The Balaban J connectivity index is 2.01. The van der Waals surface area contributed by atoms with Crippen LogP contribution in [0.25, 0.3) is 0 Å². The van der Waals surface area contributed by atoms with Gasteiger partial charge in [-0.15, -0.1) is 0 Å². The van der Waals surface area contributed by atoms with Gasteiger partial charge in [-0.3, -0.25) is 20.2 Å². The Morgan fingerprint density at radius 2 is 1.57 bits per heavy atom. The highest BCUT2D eigenvalue weighted by atomic mass is 35.5. The first kappa shape index (κ1) is 25.9. The first-order valence-corrected chi connectivity index (χ1v) is 14.1. The summed E-state index contributed by atoms with van der Waals surface area (Å²) in [5, 5.41) is 24.0. The normalized spacial score (nSPS) is 12.0. The number of hydrogen-bond acceptors (Lipinski definition) is 7. The number of rotatable bonds is 9. The number of ether oxygens (including phenoxy) is 2. The maximum absolute atomic E-state index is 13.1. The van der Waals surface area contributed by atoms with Crippen molar-refractivity contribution in [2.24, 2.45) is 0 Å². The van der Waals surface area contributed by atoms with E-state index in [4.69, 9.17) is 21.1 Å². The van der Waals surface area contributed by atoms with Crippen LogP contribution in [0, 0.1) is 20.2 Å². The third kappa shape index (κ3) is 6.22. The summed E-state index contributed by atoms with van der Waals surface area (Å²) >= 11 is 6.32. The van der Waals surface area contributed by atoms with Crippen LogP contribution >= 0.6 is 11.6 Å². The summed E-state index contributed by atoms with van der Waals surface area (Å²) in [5.74, 6) is -0.457. The van der Waals surface area contributed by atoms with E-state index >= 15 is 0 Å². The highest BCUT2D eigenvalue weighted by Crippen LogP contribution is 2.34. The molecule has 0 spiro atoms. The minimum Gasteiger partial charge on any atom is -0.495 e. The van der Waals surface area contributed by atoms with E-state index in [0.29, 0.717) is 22.4 Å². The van der Waals surface area contributed by atoms with Gasteiger partial charge in [0.1, 0.15) is 11.9 Å². The van der Waals surface area contributed by atoms with Crippen LogP contribution in [0.4, 0.5) is 11.4 Å². The lowest BCUT2D eigenvalue weighted by Crippen LogP contribution is -2.42. The number of non-ortho nitro benzene ring substituents is 2. The zero-order valence-electron chi connectivity index (χ0n) is 19.3. The predicted molar refractivity (Wildman–Crippen MR) is 134 cm³/mol. The summed E-state index contributed by atoms with van der Waals surface area (Å²) in [6, 6.07) is 18.1. The largest absolute Gasteiger partial charge is 0.495 e. The molecule has 3 aromatic carbocycles. The number of hydrogen-bond donors (Lipinski definition) is 0. The number of carbonyl (C=O) groups is 1. The van der Waals surface area contributed by atoms with Gasteiger partial charge >= 0.3 is 5.97 Å². The van der Waals surface area contributed by atoms with E-state index in [-0.39, 0.29) is 5.56 Å². The van der Waals surface area contributed by atoms with Gasteiger partial charge in [0.2, 0.25) is 0 Å². The molecule has 9 nitrogen and oxygen atoms in total. The Hall–Kier alpha value is -3.76. The van der Waals surface area contributed by atoms with Crippen molar-refractivity contribution < 1.29 is 24.1 Å². The number of halogens is 1. The Bertz CT molecular complexity index is 1240. The van der Waals surface area contributed by atoms with Crippen LogP contribution in [0.5, 0.6) is 5.75 Å². The minimum absolute atomic E-state index is 0.283. The van der Waals surface area contributed by atoms with E-state index < -0.39 is 41.4 Å². The second kappa shape index (κ2) is 10.7. The van der Waals surface area contributed by atoms with Crippen molar-refractivity contribution in [3.05, 3.63) is 103 Å². The summed E-state index contributed by atoms with van der Waals surface area (Å²) in [6.45, 7) is 4.26. The fraction of sp³-hybridized carbons (Fsp3) is 0.208. The third-order valence-electron chi connectivity index (χ3n) is 5.61. The second-order valence-electron chi connectivity index (χ2n) is 8.49. The van der Waals surface area contributed by atoms with Crippen LogP contribution in [-0.4, -0.2) is 31.0 Å². The molecule has 3 rings (SSSR count). The number of methoxy groups -OCH3 is 1. The van der Waals surface area contributed by atoms with Gasteiger partial charge in [0.15, 0.2) is 0 Å².